The number of nitriles is 1. The molecule has 0 aliphatic heterocycles. The Hall–Kier alpha value is -2.05. The summed E-state index contributed by atoms with van der Waals surface area (Å²) in [5.41, 5.74) is 5.26. The number of hydrogen-bond acceptors (Lipinski definition) is 3. The highest BCUT2D eigenvalue weighted by atomic mass is 16.5. The maximum absolute atomic E-state index is 9.23. The third-order valence-corrected chi connectivity index (χ3v) is 3.73. The molecule has 0 heterocycles. The summed E-state index contributed by atoms with van der Waals surface area (Å²) in [4.78, 5) is 0. The highest BCUT2D eigenvalue weighted by Crippen LogP contribution is 2.38. The topological polar surface area (TPSA) is 59.0 Å². The number of hydrogen-bond donors (Lipinski definition) is 1. The molecule has 1 unspecified atom stereocenters. The van der Waals surface area contributed by atoms with Crippen LogP contribution in [0.3, 0.4) is 0 Å². The molecule has 0 bridgehead atoms. The van der Waals surface area contributed by atoms with Gasteiger partial charge in [-0.25, -0.2) is 0 Å². The number of ether oxygens (including phenoxy) is 1. The summed E-state index contributed by atoms with van der Waals surface area (Å²) in [6.45, 7) is 0.252. The molecular formula is C16H16N2O. The van der Waals surface area contributed by atoms with Crippen LogP contribution in [0.15, 0.2) is 42.5 Å². The fourth-order valence-corrected chi connectivity index (χ4v) is 2.36. The Kier molecular flexibility index (Phi) is 2.88. The van der Waals surface area contributed by atoms with E-state index in [9.17, 15) is 5.26 Å². The van der Waals surface area contributed by atoms with Gasteiger partial charge in [0.25, 0.3) is 0 Å². The first kappa shape index (κ1) is 12.0. The van der Waals surface area contributed by atoms with E-state index in [0.717, 1.165) is 29.4 Å². The molecule has 0 radical (unpaired) electrons. The van der Waals surface area contributed by atoms with Crippen LogP contribution in [-0.4, -0.2) is 12.1 Å². The molecule has 2 aromatic rings. The summed E-state index contributed by atoms with van der Waals surface area (Å²) in [5.74, 6) is 1.08. The third-order valence-electron chi connectivity index (χ3n) is 3.73. The summed E-state index contributed by atoms with van der Waals surface area (Å²) >= 11 is 0. The first-order valence-corrected chi connectivity index (χ1v) is 6.54. The van der Waals surface area contributed by atoms with Gasteiger partial charge in [-0.1, -0.05) is 36.4 Å². The van der Waals surface area contributed by atoms with Gasteiger partial charge >= 0.3 is 0 Å². The fraction of sp³-hybridized carbons (Fsp3) is 0.312. The largest absolute Gasteiger partial charge is 0.490 e. The Morgan fingerprint density at radius 2 is 1.95 bits per heavy atom. The van der Waals surface area contributed by atoms with Crippen LogP contribution in [0.4, 0.5) is 0 Å². The smallest absolute Gasteiger partial charge is 0.141 e. The summed E-state index contributed by atoms with van der Waals surface area (Å²) in [6, 6.07) is 16.2. The van der Waals surface area contributed by atoms with Gasteiger partial charge in [-0.05, 0) is 30.2 Å². The van der Waals surface area contributed by atoms with Crippen LogP contribution in [0.25, 0.3) is 10.8 Å². The quantitative estimate of drug-likeness (QED) is 0.910. The molecule has 2 aromatic carbocycles. The zero-order valence-electron chi connectivity index (χ0n) is 10.7. The summed E-state index contributed by atoms with van der Waals surface area (Å²) in [5, 5.41) is 11.4. The van der Waals surface area contributed by atoms with Crippen LogP contribution in [0.5, 0.6) is 5.75 Å². The minimum atomic E-state index is -0.850. The van der Waals surface area contributed by atoms with Gasteiger partial charge in [0.05, 0.1) is 6.07 Å². The summed E-state index contributed by atoms with van der Waals surface area (Å²) < 4.78 is 5.83. The molecule has 2 N–H and O–H groups in total. The van der Waals surface area contributed by atoms with Crippen molar-refractivity contribution in [3.05, 3.63) is 42.5 Å². The standard InChI is InChI=1S/C16H16N2O/c17-10-16(18,13-8-9-13)11-19-15-7-3-5-12-4-1-2-6-14(12)15/h1-7,13H,8-9,11,18H2. The van der Waals surface area contributed by atoms with Crippen molar-refractivity contribution in [1.82, 2.24) is 0 Å². The van der Waals surface area contributed by atoms with Crippen LogP contribution < -0.4 is 10.5 Å². The van der Waals surface area contributed by atoms with E-state index in [-0.39, 0.29) is 12.5 Å². The SMILES string of the molecule is N#CC(N)(COc1cccc2ccccc12)C1CC1. The normalized spacial score (nSPS) is 17.7. The van der Waals surface area contributed by atoms with Crippen molar-refractivity contribution in [2.24, 2.45) is 11.7 Å². The molecule has 0 amide bonds. The minimum Gasteiger partial charge on any atom is -0.490 e. The van der Waals surface area contributed by atoms with Gasteiger partial charge in [0.1, 0.15) is 17.9 Å². The molecule has 19 heavy (non-hydrogen) atoms. The van der Waals surface area contributed by atoms with Crippen molar-refractivity contribution < 1.29 is 4.74 Å². The summed E-state index contributed by atoms with van der Waals surface area (Å²) in [7, 11) is 0. The molecule has 1 aliphatic rings. The zero-order chi connectivity index (χ0) is 13.3. The van der Waals surface area contributed by atoms with Crippen LogP contribution in [0.1, 0.15) is 12.8 Å². The van der Waals surface area contributed by atoms with Crippen molar-refractivity contribution in [3.63, 3.8) is 0 Å². The fourth-order valence-electron chi connectivity index (χ4n) is 2.36. The van der Waals surface area contributed by atoms with E-state index in [4.69, 9.17) is 10.5 Å². The second-order valence-corrected chi connectivity index (χ2v) is 5.19. The van der Waals surface area contributed by atoms with E-state index in [1.165, 1.54) is 0 Å². The van der Waals surface area contributed by atoms with Gasteiger partial charge < -0.3 is 10.5 Å². The number of benzene rings is 2. The highest BCUT2D eigenvalue weighted by Gasteiger charge is 2.43. The Labute approximate surface area is 112 Å². The Bertz CT molecular complexity index is 637. The summed E-state index contributed by atoms with van der Waals surface area (Å²) in [6.07, 6.45) is 2.06. The van der Waals surface area contributed by atoms with Crippen LogP contribution in [-0.2, 0) is 0 Å². The average molecular weight is 252 g/mol. The Morgan fingerprint density at radius 3 is 2.68 bits per heavy atom. The van der Waals surface area contributed by atoms with Crippen molar-refractivity contribution in [3.8, 4) is 11.8 Å². The van der Waals surface area contributed by atoms with Gasteiger partial charge in [0, 0.05) is 5.39 Å². The van der Waals surface area contributed by atoms with Gasteiger partial charge in [-0.2, -0.15) is 5.26 Å². The van der Waals surface area contributed by atoms with E-state index in [0.29, 0.717) is 0 Å². The lowest BCUT2D eigenvalue weighted by Gasteiger charge is -2.21. The highest BCUT2D eigenvalue weighted by molar-refractivity contribution is 5.88. The molecule has 3 heteroatoms. The average Bonchev–Trinajstić information content (AvgIpc) is 3.30. The number of rotatable bonds is 4. The minimum absolute atomic E-state index is 0.252. The van der Waals surface area contributed by atoms with E-state index < -0.39 is 5.54 Å². The second kappa shape index (κ2) is 4.56. The number of nitrogens with two attached hydrogens (primary N) is 1. The van der Waals surface area contributed by atoms with Crippen LogP contribution in [0, 0.1) is 17.2 Å². The van der Waals surface area contributed by atoms with Crippen LogP contribution in [0.2, 0.25) is 0 Å². The monoisotopic (exact) mass is 252 g/mol. The van der Waals surface area contributed by atoms with Crippen molar-refractivity contribution in [2.45, 2.75) is 18.4 Å². The molecule has 1 aliphatic carbocycles. The first-order valence-electron chi connectivity index (χ1n) is 6.54. The molecule has 1 atom stereocenters. The molecular weight excluding hydrogens is 236 g/mol. The lowest BCUT2D eigenvalue weighted by molar-refractivity contribution is 0.239. The molecule has 1 fully saturated rings. The van der Waals surface area contributed by atoms with E-state index in [1.54, 1.807) is 0 Å². The van der Waals surface area contributed by atoms with E-state index >= 15 is 0 Å². The number of nitrogens with zero attached hydrogens (tertiary/aromatic N) is 1. The lowest BCUT2D eigenvalue weighted by atomic mass is 9.98. The first-order chi connectivity index (χ1) is 9.23. The van der Waals surface area contributed by atoms with Crippen LogP contribution >= 0.6 is 0 Å². The van der Waals surface area contributed by atoms with Gasteiger partial charge in [0.2, 0.25) is 0 Å². The third kappa shape index (κ3) is 2.27. The van der Waals surface area contributed by atoms with Crippen molar-refractivity contribution >= 4 is 10.8 Å². The molecule has 1 saturated carbocycles. The zero-order valence-corrected chi connectivity index (χ0v) is 10.7. The van der Waals surface area contributed by atoms with Crippen molar-refractivity contribution in [2.75, 3.05) is 6.61 Å². The Balaban J connectivity index is 1.84. The molecule has 0 spiro atoms. The molecule has 3 rings (SSSR count). The Morgan fingerprint density at radius 1 is 1.21 bits per heavy atom. The molecule has 0 saturated heterocycles. The maximum atomic E-state index is 9.23. The molecule has 3 nitrogen and oxygen atoms in total. The number of fused-ring (bicyclic) bond motifs is 1. The predicted octanol–water partition coefficient (Wildman–Crippen LogP) is 2.85. The lowest BCUT2D eigenvalue weighted by Crippen LogP contribution is -2.46. The van der Waals surface area contributed by atoms with Gasteiger partial charge in [0.15, 0.2) is 0 Å². The van der Waals surface area contributed by atoms with E-state index in [1.807, 2.05) is 42.5 Å². The van der Waals surface area contributed by atoms with Crippen molar-refractivity contribution in [1.29, 1.82) is 5.26 Å². The van der Waals surface area contributed by atoms with Gasteiger partial charge in [-0.3, -0.25) is 0 Å². The predicted molar refractivity (Wildman–Crippen MR) is 74.7 cm³/mol. The second-order valence-electron chi connectivity index (χ2n) is 5.19. The van der Waals surface area contributed by atoms with E-state index in [2.05, 4.69) is 6.07 Å². The molecule has 0 aromatic heterocycles. The van der Waals surface area contributed by atoms with Gasteiger partial charge in [-0.15, -0.1) is 0 Å². The molecule has 96 valence electrons. The maximum Gasteiger partial charge on any atom is 0.141 e.